The van der Waals surface area contributed by atoms with Crippen LogP contribution in [0.25, 0.3) is 0 Å². The molecule has 2 heteroatoms. The van der Waals surface area contributed by atoms with Gasteiger partial charge in [0.15, 0.2) is 0 Å². The molecule has 0 radical (unpaired) electrons. The van der Waals surface area contributed by atoms with E-state index in [-0.39, 0.29) is 6.04 Å². The van der Waals surface area contributed by atoms with E-state index in [1.807, 2.05) is 32.1 Å². The van der Waals surface area contributed by atoms with Crippen molar-refractivity contribution in [1.82, 2.24) is 0 Å². The third kappa shape index (κ3) is 3.40. The largest absolute Gasteiger partial charge is 0.493 e. The highest BCUT2D eigenvalue weighted by Crippen LogP contribution is 2.25. The summed E-state index contributed by atoms with van der Waals surface area (Å²) in [4.78, 5) is 0. The maximum absolute atomic E-state index is 5.87. The molecule has 0 spiro atoms. The summed E-state index contributed by atoms with van der Waals surface area (Å²) in [6.45, 7) is 8.33. The van der Waals surface area contributed by atoms with Gasteiger partial charge in [0.1, 0.15) is 5.75 Å². The Hall–Kier alpha value is -1.28. The lowest BCUT2D eigenvalue weighted by atomic mass is 10.1. The maximum atomic E-state index is 5.87. The maximum Gasteiger partial charge on any atom is 0.124 e. The number of ether oxygens (including phenoxy) is 1. The van der Waals surface area contributed by atoms with Gasteiger partial charge < -0.3 is 10.5 Å². The summed E-state index contributed by atoms with van der Waals surface area (Å²) in [5.41, 5.74) is 8.12. The second-order valence-corrected chi connectivity index (χ2v) is 3.76. The minimum absolute atomic E-state index is 0.00401. The molecule has 2 N–H and O–H groups in total. The third-order valence-electron chi connectivity index (χ3n) is 2.24. The van der Waals surface area contributed by atoms with Crippen LogP contribution < -0.4 is 10.5 Å². The Bertz CT molecular complexity index is 331. The first-order valence-electron chi connectivity index (χ1n) is 5.25. The molecule has 0 aromatic heterocycles. The van der Waals surface area contributed by atoms with E-state index in [4.69, 9.17) is 10.5 Å². The van der Waals surface area contributed by atoms with Crippen LogP contribution in [0.2, 0.25) is 0 Å². The number of hydrogen-bond donors (Lipinski definition) is 1. The van der Waals surface area contributed by atoms with Crippen molar-refractivity contribution >= 4 is 0 Å². The molecule has 1 unspecified atom stereocenters. The second-order valence-electron chi connectivity index (χ2n) is 3.76. The summed E-state index contributed by atoms with van der Waals surface area (Å²) < 4.78 is 5.67. The van der Waals surface area contributed by atoms with Gasteiger partial charge in [0.2, 0.25) is 0 Å². The Morgan fingerprint density at radius 3 is 2.87 bits per heavy atom. The summed E-state index contributed by atoms with van der Waals surface area (Å²) in [5, 5.41) is 0. The number of rotatable bonds is 5. The van der Waals surface area contributed by atoms with Crippen LogP contribution >= 0.6 is 0 Å². The Morgan fingerprint density at radius 1 is 1.53 bits per heavy atom. The van der Waals surface area contributed by atoms with E-state index in [0.29, 0.717) is 6.61 Å². The molecule has 0 amide bonds. The van der Waals surface area contributed by atoms with Crippen LogP contribution in [0.15, 0.2) is 30.9 Å². The zero-order valence-corrected chi connectivity index (χ0v) is 9.49. The lowest BCUT2D eigenvalue weighted by molar-refractivity contribution is 0.320. The average Bonchev–Trinajstić information content (AvgIpc) is 2.18. The van der Waals surface area contributed by atoms with E-state index in [2.05, 4.69) is 12.6 Å². The van der Waals surface area contributed by atoms with E-state index in [9.17, 15) is 0 Å². The van der Waals surface area contributed by atoms with Crippen LogP contribution in [-0.2, 0) is 0 Å². The van der Waals surface area contributed by atoms with Crippen molar-refractivity contribution in [2.24, 2.45) is 5.73 Å². The lowest BCUT2D eigenvalue weighted by Crippen LogP contribution is -2.08. The fourth-order valence-corrected chi connectivity index (χ4v) is 1.39. The molecule has 2 nitrogen and oxygen atoms in total. The molecule has 0 saturated carbocycles. The van der Waals surface area contributed by atoms with E-state index in [1.54, 1.807) is 0 Å². The summed E-state index contributed by atoms with van der Waals surface area (Å²) in [7, 11) is 0. The first-order valence-corrected chi connectivity index (χ1v) is 5.25. The summed E-state index contributed by atoms with van der Waals surface area (Å²) in [5.74, 6) is 0.895. The highest BCUT2D eigenvalue weighted by Gasteiger charge is 2.07. The minimum atomic E-state index is 0.00401. The zero-order valence-electron chi connectivity index (χ0n) is 9.49. The van der Waals surface area contributed by atoms with Gasteiger partial charge in [0.25, 0.3) is 0 Å². The van der Waals surface area contributed by atoms with E-state index < -0.39 is 0 Å². The van der Waals surface area contributed by atoms with Gasteiger partial charge in [-0.2, -0.15) is 0 Å². The van der Waals surface area contributed by atoms with E-state index in [0.717, 1.165) is 17.7 Å². The Balaban J connectivity index is 2.82. The normalized spacial score (nSPS) is 12.2. The predicted octanol–water partition coefficient (Wildman–Crippen LogP) is 2.97. The van der Waals surface area contributed by atoms with Crippen molar-refractivity contribution in [1.29, 1.82) is 0 Å². The molecule has 0 saturated heterocycles. The molecule has 1 aromatic rings. The van der Waals surface area contributed by atoms with Crippen molar-refractivity contribution in [3.8, 4) is 5.75 Å². The topological polar surface area (TPSA) is 35.2 Å². The smallest absolute Gasteiger partial charge is 0.124 e. The molecule has 0 aliphatic rings. The summed E-state index contributed by atoms with van der Waals surface area (Å²) in [6.07, 6.45) is 2.70. The standard InChI is InChI=1S/C13H19NO/c1-4-5-8-15-13-9-10(2)6-7-12(13)11(3)14/h4,6-7,9,11H,1,5,8,14H2,2-3H3. The highest BCUT2D eigenvalue weighted by molar-refractivity contribution is 5.38. The molecule has 1 aromatic carbocycles. The van der Waals surface area contributed by atoms with E-state index in [1.165, 1.54) is 5.56 Å². The van der Waals surface area contributed by atoms with Gasteiger partial charge in [-0.05, 0) is 31.9 Å². The van der Waals surface area contributed by atoms with Gasteiger partial charge >= 0.3 is 0 Å². The van der Waals surface area contributed by atoms with Gasteiger partial charge in [0.05, 0.1) is 6.61 Å². The molecule has 0 aliphatic heterocycles. The van der Waals surface area contributed by atoms with Crippen molar-refractivity contribution in [2.75, 3.05) is 6.61 Å². The predicted molar refractivity (Wildman–Crippen MR) is 64.1 cm³/mol. The van der Waals surface area contributed by atoms with Gasteiger partial charge in [0, 0.05) is 11.6 Å². The Labute approximate surface area is 91.7 Å². The molecule has 0 aliphatic carbocycles. The minimum Gasteiger partial charge on any atom is -0.493 e. The molecule has 82 valence electrons. The van der Waals surface area contributed by atoms with E-state index >= 15 is 0 Å². The summed E-state index contributed by atoms with van der Waals surface area (Å²) >= 11 is 0. The van der Waals surface area contributed by atoms with Gasteiger partial charge in [-0.3, -0.25) is 0 Å². The van der Waals surface area contributed by atoms with Crippen molar-refractivity contribution in [2.45, 2.75) is 26.3 Å². The molecule has 1 atom stereocenters. The molecule has 0 heterocycles. The lowest BCUT2D eigenvalue weighted by Gasteiger charge is -2.14. The average molecular weight is 205 g/mol. The number of aryl methyl sites for hydroxylation is 1. The van der Waals surface area contributed by atoms with Crippen LogP contribution in [0.1, 0.15) is 30.5 Å². The van der Waals surface area contributed by atoms with Crippen LogP contribution in [0.3, 0.4) is 0 Å². The first kappa shape index (κ1) is 11.8. The SMILES string of the molecule is C=CCCOc1cc(C)ccc1C(C)N. The monoisotopic (exact) mass is 205 g/mol. The fourth-order valence-electron chi connectivity index (χ4n) is 1.39. The highest BCUT2D eigenvalue weighted by atomic mass is 16.5. The van der Waals surface area contributed by atoms with Crippen molar-refractivity contribution in [3.05, 3.63) is 42.0 Å². The fraction of sp³-hybridized carbons (Fsp3) is 0.385. The molecular formula is C13H19NO. The molecule has 1 rings (SSSR count). The van der Waals surface area contributed by atoms with Crippen LogP contribution in [-0.4, -0.2) is 6.61 Å². The Morgan fingerprint density at radius 2 is 2.27 bits per heavy atom. The molecule has 0 fully saturated rings. The van der Waals surface area contributed by atoms with Crippen molar-refractivity contribution in [3.63, 3.8) is 0 Å². The quantitative estimate of drug-likeness (QED) is 0.592. The number of hydrogen-bond acceptors (Lipinski definition) is 2. The molecule has 15 heavy (non-hydrogen) atoms. The second kappa shape index (κ2) is 5.56. The third-order valence-corrected chi connectivity index (χ3v) is 2.24. The number of benzene rings is 1. The van der Waals surface area contributed by atoms with Crippen LogP contribution in [0.5, 0.6) is 5.75 Å². The number of nitrogens with two attached hydrogens (primary N) is 1. The van der Waals surface area contributed by atoms with Crippen molar-refractivity contribution < 1.29 is 4.74 Å². The summed E-state index contributed by atoms with van der Waals surface area (Å²) in [6, 6.07) is 6.12. The molecular weight excluding hydrogens is 186 g/mol. The Kier molecular flexibility index (Phi) is 4.37. The van der Waals surface area contributed by atoms with Gasteiger partial charge in [-0.25, -0.2) is 0 Å². The molecule has 0 bridgehead atoms. The van der Waals surface area contributed by atoms with Crippen LogP contribution in [0, 0.1) is 6.92 Å². The van der Waals surface area contributed by atoms with Gasteiger partial charge in [-0.15, -0.1) is 6.58 Å². The zero-order chi connectivity index (χ0) is 11.3. The first-order chi connectivity index (χ1) is 7.15. The van der Waals surface area contributed by atoms with Crippen LogP contribution in [0.4, 0.5) is 0 Å². The van der Waals surface area contributed by atoms with Gasteiger partial charge in [-0.1, -0.05) is 18.2 Å².